The summed E-state index contributed by atoms with van der Waals surface area (Å²) in [4.78, 5) is 23.5. The first-order chi connectivity index (χ1) is 17.3. The molecule has 0 rings (SSSR count). The average Bonchev–Trinajstić information content (AvgIpc) is 2.81. The third kappa shape index (κ3) is 29.2. The summed E-state index contributed by atoms with van der Waals surface area (Å²) in [7, 11) is 0. The van der Waals surface area contributed by atoms with Gasteiger partial charge in [-0.2, -0.15) is 0 Å². The van der Waals surface area contributed by atoms with Gasteiger partial charge in [0, 0.05) is 12.8 Å². The quantitative estimate of drug-likeness (QED) is 0.0857. The van der Waals surface area contributed by atoms with Crippen LogP contribution in [0.3, 0.4) is 0 Å². The van der Waals surface area contributed by atoms with Gasteiger partial charge in [0.25, 0.3) is 0 Å². The molecule has 4 heteroatoms. The molecule has 0 radical (unpaired) electrons. The van der Waals surface area contributed by atoms with Crippen molar-refractivity contribution >= 4 is 11.9 Å². The molecular formula is C32H62O4. The van der Waals surface area contributed by atoms with Gasteiger partial charge >= 0.3 is 11.9 Å². The lowest BCUT2D eigenvalue weighted by molar-refractivity contribution is -0.155. The number of carbonyl (C=O) groups is 2. The molecule has 0 aliphatic rings. The fourth-order valence-corrected chi connectivity index (χ4v) is 4.55. The maximum Gasteiger partial charge on any atom is 0.306 e. The highest BCUT2D eigenvalue weighted by molar-refractivity contribution is 5.69. The van der Waals surface area contributed by atoms with Gasteiger partial charge in [0.15, 0.2) is 0 Å². The zero-order chi connectivity index (χ0) is 26.7. The molecule has 0 unspecified atom stereocenters. The predicted molar refractivity (Wildman–Crippen MR) is 153 cm³/mol. The van der Waals surface area contributed by atoms with Crippen molar-refractivity contribution in [2.75, 3.05) is 6.61 Å². The number of hydrogen-bond acceptors (Lipinski definition) is 4. The van der Waals surface area contributed by atoms with Crippen LogP contribution in [0.4, 0.5) is 0 Å². The number of ether oxygens (including phenoxy) is 2. The lowest BCUT2D eigenvalue weighted by Crippen LogP contribution is -2.23. The van der Waals surface area contributed by atoms with E-state index in [4.69, 9.17) is 9.47 Å². The molecule has 214 valence electrons. The van der Waals surface area contributed by atoms with Gasteiger partial charge in [0.1, 0.15) is 5.60 Å². The van der Waals surface area contributed by atoms with Crippen LogP contribution in [0.5, 0.6) is 0 Å². The van der Waals surface area contributed by atoms with E-state index in [-0.39, 0.29) is 17.5 Å². The lowest BCUT2D eigenvalue weighted by atomic mass is 10.0. The summed E-state index contributed by atoms with van der Waals surface area (Å²) in [5.74, 6) is -0.0599. The largest absolute Gasteiger partial charge is 0.466 e. The fourth-order valence-electron chi connectivity index (χ4n) is 4.55. The first kappa shape index (κ1) is 34.9. The highest BCUT2D eigenvalue weighted by atomic mass is 16.6. The normalized spacial score (nSPS) is 11.6. The molecule has 36 heavy (non-hydrogen) atoms. The number of hydrogen-bond donors (Lipinski definition) is 0. The summed E-state index contributed by atoms with van der Waals surface area (Å²) in [5.41, 5.74) is -0.362. The molecule has 0 fully saturated rings. The van der Waals surface area contributed by atoms with Gasteiger partial charge in [-0.15, -0.1) is 0 Å². The molecule has 0 atom stereocenters. The Labute approximate surface area is 225 Å². The van der Waals surface area contributed by atoms with Crippen molar-refractivity contribution in [1.29, 1.82) is 0 Å². The Morgan fingerprint density at radius 1 is 0.472 bits per heavy atom. The van der Waals surface area contributed by atoms with Crippen LogP contribution in [0.2, 0.25) is 0 Å². The zero-order valence-corrected chi connectivity index (χ0v) is 24.8. The standard InChI is InChI=1S/C32H62O4/c1-5-6-7-8-9-20-23-26-29-35-30(33)27-24-21-18-16-14-12-10-11-13-15-17-19-22-25-28-31(34)36-32(2,3)4/h5-29H2,1-4H3. The van der Waals surface area contributed by atoms with E-state index in [2.05, 4.69) is 6.92 Å². The van der Waals surface area contributed by atoms with Gasteiger partial charge in [0.2, 0.25) is 0 Å². The summed E-state index contributed by atoms with van der Waals surface area (Å²) in [6, 6.07) is 0. The Kier molecular flexibility index (Phi) is 24.8. The Hall–Kier alpha value is -1.06. The molecular weight excluding hydrogens is 448 g/mol. The molecule has 0 N–H and O–H groups in total. The highest BCUT2D eigenvalue weighted by Crippen LogP contribution is 2.15. The van der Waals surface area contributed by atoms with Gasteiger partial charge in [-0.25, -0.2) is 0 Å². The van der Waals surface area contributed by atoms with Crippen molar-refractivity contribution in [3.8, 4) is 0 Å². The third-order valence-electron chi connectivity index (χ3n) is 6.69. The summed E-state index contributed by atoms with van der Waals surface area (Å²) >= 11 is 0. The van der Waals surface area contributed by atoms with Crippen molar-refractivity contribution < 1.29 is 19.1 Å². The van der Waals surface area contributed by atoms with Gasteiger partial charge in [0.05, 0.1) is 6.61 Å². The number of esters is 2. The Balaban J connectivity index is 3.21. The third-order valence-corrected chi connectivity index (χ3v) is 6.69. The molecule has 0 aromatic heterocycles. The molecule has 0 bridgehead atoms. The zero-order valence-electron chi connectivity index (χ0n) is 24.8. The van der Waals surface area contributed by atoms with Gasteiger partial charge in [-0.3, -0.25) is 9.59 Å². The van der Waals surface area contributed by atoms with Crippen LogP contribution in [-0.2, 0) is 19.1 Å². The Morgan fingerprint density at radius 3 is 1.19 bits per heavy atom. The van der Waals surface area contributed by atoms with Gasteiger partial charge in [-0.1, -0.05) is 129 Å². The van der Waals surface area contributed by atoms with E-state index in [0.717, 1.165) is 32.1 Å². The van der Waals surface area contributed by atoms with Crippen molar-refractivity contribution in [2.24, 2.45) is 0 Å². The molecule has 0 aromatic rings. The Morgan fingerprint density at radius 2 is 0.806 bits per heavy atom. The van der Waals surface area contributed by atoms with Gasteiger partial charge < -0.3 is 9.47 Å². The van der Waals surface area contributed by atoms with E-state index in [9.17, 15) is 9.59 Å². The highest BCUT2D eigenvalue weighted by Gasteiger charge is 2.15. The van der Waals surface area contributed by atoms with E-state index >= 15 is 0 Å². The van der Waals surface area contributed by atoms with E-state index in [0.29, 0.717) is 19.4 Å². The van der Waals surface area contributed by atoms with E-state index in [1.807, 2.05) is 20.8 Å². The van der Waals surface area contributed by atoms with Crippen molar-refractivity contribution in [3.63, 3.8) is 0 Å². The van der Waals surface area contributed by atoms with Crippen LogP contribution in [0.25, 0.3) is 0 Å². The van der Waals surface area contributed by atoms with Crippen LogP contribution < -0.4 is 0 Å². The lowest BCUT2D eigenvalue weighted by Gasteiger charge is -2.19. The smallest absolute Gasteiger partial charge is 0.306 e. The summed E-state index contributed by atoms with van der Waals surface area (Å²) < 4.78 is 10.7. The van der Waals surface area contributed by atoms with Crippen molar-refractivity contribution in [3.05, 3.63) is 0 Å². The first-order valence-corrected chi connectivity index (χ1v) is 15.7. The van der Waals surface area contributed by atoms with Crippen LogP contribution in [0.15, 0.2) is 0 Å². The maximum atomic E-state index is 11.8. The Bertz CT molecular complexity index is 495. The summed E-state index contributed by atoms with van der Waals surface area (Å²) in [6.45, 7) is 8.63. The van der Waals surface area contributed by atoms with Crippen molar-refractivity contribution in [1.82, 2.24) is 0 Å². The first-order valence-electron chi connectivity index (χ1n) is 15.7. The molecule has 4 nitrogen and oxygen atoms in total. The molecule has 0 heterocycles. The summed E-state index contributed by atoms with van der Waals surface area (Å²) in [5, 5.41) is 0. The molecule has 0 aliphatic carbocycles. The molecule has 0 aliphatic heterocycles. The number of unbranched alkanes of at least 4 members (excludes halogenated alkanes) is 20. The average molecular weight is 511 g/mol. The number of rotatable bonds is 26. The molecule has 0 saturated carbocycles. The maximum absolute atomic E-state index is 11.8. The predicted octanol–water partition coefficient (Wildman–Crippen LogP) is 10.3. The topological polar surface area (TPSA) is 52.6 Å². The second kappa shape index (κ2) is 25.6. The minimum absolute atomic E-state index is 0.000914. The second-order valence-electron chi connectivity index (χ2n) is 11.7. The van der Waals surface area contributed by atoms with Gasteiger partial charge in [-0.05, 0) is 40.0 Å². The van der Waals surface area contributed by atoms with Crippen LogP contribution in [0.1, 0.15) is 182 Å². The van der Waals surface area contributed by atoms with Crippen LogP contribution >= 0.6 is 0 Å². The number of carbonyl (C=O) groups excluding carboxylic acids is 2. The minimum Gasteiger partial charge on any atom is -0.466 e. The molecule has 0 spiro atoms. The summed E-state index contributed by atoms with van der Waals surface area (Å²) in [6.07, 6.45) is 28.7. The monoisotopic (exact) mass is 510 g/mol. The fraction of sp³-hybridized carbons (Fsp3) is 0.938. The second-order valence-corrected chi connectivity index (χ2v) is 11.7. The van der Waals surface area contributed by atoms with E-state index in [1.165, 1.54) is 109 Å². The molecule has 0 saturated heterocycles. The van der Waals surface area contributed by atoms with E-state index < -0.39 is 0 Å². The van der Waals surface area contributed by atoms with Crippen LogP contribution in [-0.4, -0.2) is 24.1 Å². The van der Waals surface area contributed by atoms with Crippen molar-refractivity contribution in [2.45, 2.75) is 187 Å². The minimum atomic E-state index is -0.362. The molecule has 0 amide bonds. The molecule has 0 aromatic carbocycles. The van der Waals surface area contributed by atoms with E-state index in [1.54, 1.807) is 0 Å². The van der Waals surface area contributed by atoms with Crippen LogP contribution in [0, 0.1) is 0 Å². The SMILES string of the molecule is CCCCCCCCCCOC(=O)CCCCCCCCCCCCCCCCC(=O)OC(C)(C)C.